The molecule has 0 aliphatic rings. The molecule has 0 aliphatic carbocycles. The number of nitrogens with zero attached hydrogens (tertiary/aromatic N) is 3. The van der Waals surface area contributed by atoms with Crippen molar-refractivity contribution in [3.63, 3.8) is 0 Å². The van der Waals surface area contributed by atoms with Gasteiger partial charge in [0.15, 0.2) is 0 Å². The number of carbonyl (C=O) groups excluding carboxylic acids is 1. The summed E-state index contributed by atoms with van der Waals surface area (Å²) in [4.78, 5) is 18.6. The number of fused-ring (bicyclic) bond motifs is 1. The number of pyridine rings is 1. The third-order valence-electron chi connectivity index (χ3n) is 3.76. The van der Waals surface area contributed by atoms with Crippen molar-refractivity contribution in [3.05, 3.63) is 77.6 Å². The highest BCUT2D eigenvalue weighted by Gasteiger charge is 2.20. The van der Waals surface area contributed by atoms with Crippen LogP contribution in [0.2, 0.25) is 0 Å². The summed E-state index contributed by atoms with van der Waals surface area (Å²) < 4.78 is 1.92. The molecule has 1 N–H and O–H groups in total. The van der Waals surface area contributed by atoms with E-state index < -0.39 is 0 Å². The smallest absolute Gasteiger partial charge is 0.267 e. The number of thiophene rings is 1. The van der Waals surface area contributed by atoms with Gasteiger partial charge in [0.2, 0.25) is 0 Å². The standard InChI is InChI=1S/C19H12N4OS/c20-12-13-5-3-6-14(11-13)22-18(24)17-16(23-9-1-2-10-23)15-7-4-8-21-19(15)25-17/h1-11H,(H,22,24). The number of hydrogen-bond acceptors (Lipinski definition) is 4. The van der Waals surface area contributed by atoms with E-state index in [4.69, 9.17) is 5.26 Å². The molecule has 0 saturated heterocycles. The number of rotatable bonds is 3. The summed E-state index contributed by atoms with van der Waals surface area (Å²) in [6.07, 6.45) is 5.53. The molecule has 0 aliphatic heterocycles. The Morgan fingerprint density at radius 1 is 1.16 bits per heavy atom. The first-order valence-corrected chi connectivity index (χ1v) is 8.40. The first-order chi connectivity index (χ1) is 12.3. The van der Waals surface area contributed by atoms with Gasteiger partial charge in [-0.15, -0.1) is 11.3 Å². The minimum atomic E-state index is -0.221. The van der Waals surface area contributed by atoms with Gasteiger partial charge in [-0.3, -0.25) is 4.79 Å². The number of nitrogens with one attached hydrogen (secondary N) is 1. The molecular weight excluding hydrogens is 332 g/mol. The summed E-state index contributed by atoms with van der Waals surface area (Å²) in [5.74, 6) is -0.221. The van der Waals surface area contributed by atoms with E-state index in [1.807, 2.05) is 41.2 Å². The van der Waals surface area contributed by atoms with E-state index in [2.05, 4.69) is 16.4 Å². The zero-order valence-electron chi connectivity index (χ0n) is 13.0. The molecule has 25 heavy (non-hydrogen) atoms. The third-order valence-corrected chi connectivity index (χ3v) is 4.86. The normalized spacial score (nSPS) is 10.5. The Balaban J connectivity index is 1.79. The lowest BCUT2D eigenvalue weighted by Crippen LogP contribution is -2.12. The van der Waals surface area contributed by atoms with Crippen LogP contribution in [0.5, 0.6) is 0 Å². The van der Waals surface area contributed by atoms with E-state index in [0.29, 0.717) is 16.1 Å². The number of hydrogen-bond donors (Lipinski definition) is 1. The van der Waals surface area contributed by atoms with Gasteiger partial charge in [0.1, 0.15) is 9.71 Å². The second-order valence-electron chi connectivity index (χ2n) is 5.37. The largest absolute Gasteiger partial charge is 0.322 e. The molecule has 5 nitrogen and oxygen atoms in total. The van der Waals surface area contributed by atoms with Gasteiger partial charge in [0, 0.05) is 29.7 Å². The van der Waals surface area contributed by atoms with Crippen LogP contribution >= 0.6 is 11.3 Å². The molecule has 1 amide bonds. The Morgan fingerprint density at radius 2 is 2.00 bits per heavy atom. The molecule has 6 heteroatoms. The van der Waals surface area contributed by atoms with Crippen LogP contribution in [0.15, 0.2) is 67.1 Å². The maximum atomic E-state index is 12.9. The van der Waals surface area contributed by atoms with Gasteiger partial charge in [0.25, 0.3) is 5.91 Å². The van der Waals surface area contributed by atoms with E-state index in [9.17, 15) is 4.79 Å². The van der Waals surface area contributed by atoms with E-state index in [1.165, 1.54) is 11.3 Å². The topological polar surface area (TPSA) is 70.7 Å². The minimum Gasteiger partial charge on any atom is -0.322 e. The number of amides is 1. The Hall–Kier alpha value is -3.43. The van der Waals surface area contributed by atoms with Gasteiger partial charge in [0.05, 0.1) is 17.3 Å². The number of anilines is 1. The van der Waals surface area contributed by atoms with E-state index in [1.54, 1.807) is 30.5 Å². The fraction of sp³-hybridized carbons (Fsp3) is 0. The summed E-state index contributed by atoms with van der Waals surface area (Å²) in [7, 11) is 0. The average Bonchev–Trinajstić information content (AvgIpc) is 3.28. The Labute approximate surface area is 147 Å². The van der Waals surface area contributed by atoms with Gasteiger partial charge in [-0.1, -0.05) is 6.07 Å². The first-order valence-electron chi connectivity index (χ1n) is 7.58. The lowest BCUT2D eigenvalue weighted by molar-refractivity contribution is 0.103. The van der Waals surface area contributed by atoms with Crippen molar-refractivity contribution in [1.29, 1.82) is 5.26 Å². The fourth-order valence-corrected chi connectivity index (χ4v) is 3.71. The van der Waals surface area contributed by atoms with Crippen molar-refractivity contribution < 1.29 is 4.79 Å². The number of aromatic nitrogens is 2. The predicted molar refractivity (Wildman–Crippen MR) is 98.1 cm³/mol. The molecule has 0 unspecified atom stereocenters. The number of nitriles is 1. The molecule has 0 atom stereocenters. The molecule has 0 spiro atoms. The molecule has 1 aromatic carbocycles. The van der Waals surface area contributed by atoms with E-state index in [0.717, 1.165) is 15.9 Å². The Kier molecular flexibility index (Phi) is 3.77. The molecule has 0 saturated carbocycles. The Morgan fingerprint density at radius 3 is 2.80 bits per heavy atom. The van der Waals surface area contributed by atoms with Crippen LogP contribution in [0.1, 0.15) is 15.2 Å². The molecule has 120 valence electrons. The van der Waals surface area contributed by atoms with Crippen LogP contribution in [0.3, 0.4) is 0 Å². The SMILES string of the molecule is N#Cc1cccc(NC(=O)c2sc3ncccc3c2-n2cccc2)c1. The van der Waals surface area contributed by atoms with Crippen molar-refractivity contribution in [2.75, 3.05) is 5.32 Å². The van der Waals surface area contributed by atoms with Crippen molar-refractivity contribution in [2.45, 2.75) is 0 Å². The lowest BCUT2D eigenvalue weighted by Gasteiger charge is -2.08. The zero-order chi connectivity index (χ0) is 17.2. The van der Waals surface area contributed by atoms with Crippen LogP contribution in [0, 0.1) is 11.3 Å². The second kappa shape index (κ2) is 6.23. The highest BCUT2D eigenvalue weighted by molar-refractivity contribution is 7.21. The van der Waals surface area contributed by atoms with E-state index >= 15 is 0 Å². The lowest BCUT2D eigenvalue weighted by atomic mass is 10.2. The van der Waals surface area contributed by atoms with Crippen LogP contribution in [-0.4, -0.2) is 15.5 Å². The van der Waals surface area contributed by atoms with Crippen molar-refractivity contribution in [1.82, 2.24) is 9.55 Å². The number of carbonyl (C=O) groups is 1. The molecule has 0 bridgehead atoms. The van der Waals surface area contributed by atoms with Crippen LogP contribution in [0.4, 0.5) is 5.69 Å². The summed E-state index contributed by atoms with van der Waals surface area (Å²) in [6, 6.07) is 16.6. The summed E-state index contributed by atoms with van der Waals surface area (Å²) >= 11 is 1.35. The van der Waals surface area contributed by atoms with Gasteiger partial charge < -0.3 is 9.88 Å². The van der Waals surface area contributed by atoms with Gasteiger partial charge >= 0.3 is 0 Å². The molecule has 4 rings (SSSR count). The quantitative estimate of drug-likeness (QED) is 0.605. The first kappa shape index (κ1) is 15.1. The second-order valence-corrected chi connectivity index (χ2v) is 6.37. The summed E-state index contributed by atoms with van der Waals surface area (Å²) in [5, 5.41) is 12.8. The molecular formula is C19H12N4OS. The Bertz CT molecular complexity index is 1110. The summed E-state index contributed by atoms with van der Waals surface area (Å²) in [6.45, 7) is 0. The highest BCUT2D eigenvalue weighted by atomic mass is 32.1. The summed E-state index contributed by atoms with van der Waals surface area (Å²) in [5.41, 5.74) is 1.90. The molecule has 3 heterocycles. The van der Waals surface area contributed by atoms with Gasteiger partial charge in [-0.05, 0) is 42.5 Å². The fourth-order valence-electron chi connectivity index (χ4n) is 2.67. The van der Waals surface area contributed by atoms with Gasteiger partial charge in [-0.25, -0.2) is 4.98 Å². The molecule has 3 aromatic heterocycles. The maximum absolute atomic E-state index is 12.9. The third kappa shape index (κ3) is 2.77. The van der Waals surface area contributed by atoms with Crippen LogP contribution < -0.4 is 5.32 Å². The van der Waals surface area contributed by atoms with Crippen LogP contribution in [0.25, 0.3) is 15.9 Å². The molecule has 4 aromatic rings. The van der Waals surface area contributed by atoms with E-state index in [-0.39, 0.29) is 5.91 Å². The highest BCUT2D eigenvalue weighted by Crippen LogP contribution is 2.33. The van der Waals surface area contributed by atoms with Crippen molar-refractivity contribution >= 4 is 33.1 Å². The van der Waals surface area contributed by atoms with Gasteiger partial charge in [-0.2, -0.15) is 5.26 Å². The predicted octanol–water partition coefficient (Wildman–Crippen LogP) is 4.21. The zero-order valence-corrected chi connectivity index (χ0v) is 13.8. The van der Waals surface area contributed by atoms with Crippen molar-refractivity contribution in [2.24, 2.45) is 0 Å². The molecule has 0 radical (unpaired) electrons. The van der Waals surface area contributed by atoms with Crippen LogP contribution in [-0.2, 0) is 0 Å². The minimum absolute atomic E-state index is 0.221. The number of benzene rings is 1. The average molecular weight is 344 g/mol. The monoisotopic (exact) mass is 344 g/mol. The molecule has 0 fully saturated rings. The maximum Gasteiger partial charge on any atom is 0.267 e. The van der Waals surface area contributed by atoms with Crippen molar-refractivity contribution in [3.8, 4) is 11.8 Å².